The Morgan fingerprint density at radius 1 is 0.893 bits per heavy atom. The van der Waals surface area contributed by atoms with Gasteiger partial charge in [0.2, 0.25) is 11.8 Å². The fraction of sp³-hybridized carbons (Fsp3) is 0.364. The van der Waals surface area contributed by atoms with Crippen LogP contribution in [0.4, 0.5) is 0 Å². The summed E-state index contributed by atoms with van der Waals surface area (Å²) in [5, 5.41) is 0.759. The van der Waals surface area contributed by atoms with Crippen molar-refractivity contribution in [3.8, 4) is 0 Å². The third-order valence-corrected chi connectivity index (χ3v) is 5.78. The van der Waals surface area contributed by atoms with Gasteiger partial charge in [0.1, 0.15) is 0 Å². The molecule has 2 saturated heterocycles. The van der Waals surface area contributed by atoms with Crippen molar-refractivity contribution < 1.29 is 9.59 Å². The Bertz CT molecular complexity index is 850. The minimum atomic E-state index is -0.335. The van der Waals surface area contributed by atoms with Gasteiger partial charge in [0, 0.05) is 44.2 Å². The number of piperazine rings is 1. The molecule has 5 nitrogen and oxygen atoms in total. The van der Waals surface area contributed by atoms with Crippen LogP contribution in [-0.4, -0.2) is 59.4 Å². The SMILES string of the molecule is O=C1C[C@H](c2ccccc2)C(=O)N1CN1CCN(Cc2cccc(Cl)c2)CC1. The second-order valence-corrected chi connectivity index (χ2v) is 7.93. The summed E-state index contributed by atoms with van der Waals surface area (Å²) in [6.45, 7) is 4.76. The van der Waals surface area contributed by atoms with Gasteiger partial charge in [0.05, 0.1) is 12.6 Å². The summed E-state index contributed by atoms with van der Waals surface area (Å²) in [5.74, 6) is -0.476. The molecule has 0 spiro atoms. The zero-order valence-electron chi connectivity index (χ0n) is 15.8. The number of nitrogens with zero attached hydrogens (tertiary/aromatic N) is 3. The average Bonchev–Trinajstić information content (AvgIpc) is 2.98. The Balaban J connectivity index is 1.31. The van der Waals surface area contributed by atoms with Gasteiger partial charge in [0.25, 0.3) is 0 Å². The van der Waals surface area contributed by atoms with E-state index in [0.29, 0.717) is 6.67 Å². The van der Waals surface area contributed by atoms with Gasteiger partial charge in [-0.15, -0.1) is 0 Å². The number of imide groups is 1. The molecule has 2 fully saturated rings. The molecule has 6 heteroatoms. The number of rotatable bonds is 5. The topological polar surface area (TPSA) is 43.9 Å². The molecule has 28 heavy (non-hydrogen) atoms. The maximum Gasteiger partial charge on any atom is 0.238 e. The highest BCUT2D eigenvalue weighted by atomic mass is 35.5. The first-order valence-electron chi connectivity index (χ1n) is 9.68. The van der Waals surface area contributed by atoms with E-state index in [9.17, 15) is 9.59 Å². The van der Waals surface area contributed by atoms with Crippen molar-refractivity contribution in [3.05, 3.63) is 70.7 Å². The number of carbonyl (C=O) groups is 2. The van der Waals surface area contributed by atoms with E-state index in [1.807, 2.05) is 48.5 Å². The van der Waals surface area contributed by atoms with Crippen molar-refractivity contribution in [1.82, 2.24) is 14.7 Å². The Hall–Kier alpha value is -2.21. The van der Waals surface area contributed by atoms with Crippen molar-refractivity contribution >= 4 is 23.4 Å². The van der Waals surface area contributed by atoms with E-state index in [4.69, 9.17) is 11.6 Å². The molecule has 1 atom stereocenters. The third-order valence-electron chi connectivity index (χ3n) is 5.55. The molecule has 0 radical (unpaired) electrons. The number of hydrogen-bond donors (Lipinski definition) is 0. The summed E-state index contributed by atoms with van der Waals surface area (Å²) < 4.78 is 0. The van der Waals surface area contributed by atoms with Crippen molar-refractivity contribution in [2.24, 2.45) is 0 Å². The van der Waals surface area contributed by atoms with E-state index in [0.717, 1.165) is 43.3 Å². The minimum absolute atomic E-state index is 0.0692. The van der Waals surface area contributed by atoms with Crippen LogP contribution in [0.2, 0.25) is 5.02 Å². The molecule has 0 unspecified atom stereocenters. The first-order chi connectivity index (χ1) is 13.6. The lowest BCUT2D eigenvalue weighted by Gasteiger charge is -2.36. The minimum Gasteiger partial charge on any atom is -0.297 e. The lowest BCUT2D eigenvalue weighted by Crippen LogP contribution is -2.50. The zero-order valence-corrected chi connectivity index (χ0v) is 16.5. The van der Waals surface area contributed by atoms with Crippen LogP contribution in [0, 0.1) is 0 Å². The highest BCUT2D eigenvalue weighted by molar-refractivity contribution is 6.30. The summed E-state index contributed by atoms with van der Waals surface area (Å²) in [7, 11) is 0. The van der Waals surface area contributed by atoms with Gasteiger partial charge in [-0.25, -0.2) is 0 Å². The van der Waals surface area contributed by atoms with Crippen LogP contribution in [0.15, 0.2) is 54.6 Å². The van der Waals surface area contributed by atoms with E-state index in [1.54, 1.807) is 0 Å². The quantitative estimate of drug-likeness (QED) is 0.727. The lowest BCUT2D eigenvalue weighted by atomic mass is 9.98. The van der Waals surface area contributed by atoms with Gasteiger partial charge >= 0.3 is 0 Å². The Labute approximate surface area is 170 Å². The van der Waals surface area contributed by atoms with Gasteiger partial charge in [0.15, 0.2) is 0 Å². The van der Waals surface area contributed by atoms with E-state index in [1.165, 1.54) is 10.5 Å². The highest BCUT2D eigenvalue weighted by Crippen LogP contribution is 2.29. The van der Waals surface area contributed by atoms with Crippen LogP contribution < -0.4 is 0 Å². The van der Waals surface area contributed by atoms with Gasteiger partial charge in [-0.2, -0.15) is 0 Å². The molecule has 2 aromatic carbocycles. The molecule has 0 aromatic heterocycles. The van der Waals surface area contributed by atoms with Crippen LogP contribution in [0.25, 0.3) is 0 Å². The number of likely N-dealkylation sites (tertiary alicyclic amines) is 1. The normalized spacial score (nSPS) is 21.5. The summed E-state index contributed by atoms with van der Waals surface area (Å²) >= 11 is 6.07. The summed E-state index contributed by atoms with van der Waals surface area (Å²) in [4.78, 5) is 31.2. The van der Waals surface area contributed by atoms with Crippen LogP contribution in [0.3, 0.4) is 0 Å². The number of halogens is 1. The second kappa shape index (κ2) is 8.43. The summed E-state index contributed by atoms with van der Waals surface area (Å²) in [6, 6.07) is 17.5. The second-order valence-electron chi connectivity index (χ2n) is 7.49. The summed E-state index contributed by atoms with van der Waals surface area (Å²) in [5.41, 5.74) is 2.13. The van der Waals surface area contributed by atoms with Crippen molar-refractivity contribution in [1.29, 1.82) is 0 Å². The van der Waals surface area contributed by atoms with Crippen LogP contribution in [-0.2, 0) is 16.1 Å². The first kappa shape index (κ1) is 19.1. The summed E-state index contributed by atoms with van der Waals surface area (Å²) in [6.07, 6.45) is 0.275. The molecular formula is C22H24ClN3O2. The van der Waals surface area contributed by atoms with Gasteiger partial charge in [-0.3, -0.25) is 24.3 Å². The number of benzene rings is 2. The molecule has 146 valence electrons. The van der Waals surface area contributed by atoms with Gasteiger partial charge in [-0.1, -0.05) is 54.1 Å². The van der Waals surface area contributed by atoms with Gasteiger partial charge < -0.3 is 0 Å². The maximum atomic E-state index is 12.8. The van der Waals surface area contributed by atoms with Crippen molar-refractivity contribution in [3.63, 3.8) is 0 Å². The third kappa shape index (κ3) is 4.27. The fourth-order valence-corrected chi connectivity index (χ4v) is 4.17. The molecular weight excluding hydrogens is 374 g/mol. The van der Waals surface area contributed by atoms with E-state index >= 15 is 0 Å². The predicted octanol–water partition coefficient (Wildman–Crippen LogP) is 2.96. The van der Waals surface area contributed by atoms with Crippen LogP contribution >= 0.6 is 11.6 Å². The van der Waals surface area contributed by atoms with Crippen molar-refractivity contribution in [2.45, 2.75) is 18.9 Å². The number of carbonyl (C=O) groups excluding carboxylic acids is 2. The Morgan fingerprint density at radius 2 is 1.61 bits per heavy atom. The number of amides is 2. The van der Waals surface area contributed by atoms with E-state index < -0.39 is 0 Å². The smallest absolute Gasteiger partial charge is 0.238 e. The Kier molecular flexibility index (Phi) is 5.76. The monoisotopic (exact) mass is 397 g/mol. The standard InChI is InChI=1S/C22H24ClN3O2/c23-19-8-4-5-17(13-19)15-24-9-11-25(12-10-24)16-26-21(27)14-20(22(26)28)18-6-2-1-3-7-18/h1-8,13,20H,9-12,14-16H2/t20-/m1/s1. The highest BCUT2D eigenvalue weighted by Gasteiger charge is 2.40. The molecule has 2 aliphatic rings. The predicted molar refractivity (Wildman–Crippen MR) is 109 cm³/mol. The van der Waals surface area contributed by atoms with E-state index in [-0.39, 0.29) is 24.2 Å². The Morgan fingerprint density at radius 3 is 2.32 bits per heavy atom. The molecule has 0 saturated carbocycles. The van der Waals surface area contributed by atoms with E-state index in [2.05, 4.69) is 15.9 Å². The van der Waals surface area contributed by atoms with Crippen LogP contribution in [0.1, 0.15) is 23.5 Å². The average molecular weight is 398 g/mol. The zero-order chi connectivity index (χ0) is 19.5. The molecule has 2 aromatic rings. The largest absolute Gasteiger partial charge is 0.297 e. The molecule has 2 aliphatic heterocycles. The first-order valence-corrected chi connectivity index (χ1v) is 10.1. The fourth-order valence-electron chi connectivity index (χ4n) is 3.96. The lowest BCUT2D eigenvalue weighted by molar-refractivity contribution is -0.141. The molecule has 2 heterocycles. The maximum absolute atomic E-state index is 12.8. The molecule has 4 rings (SSSR count). The van der Waals surface area contributed by atoms with Gasteiger partial charge in [-0.05, 0) is 23.3 Å². The molecule has 0 aliphatic carbocycles. The molecule has 0 bridgehead atoms. The van der Waals surface area contributed by atoms with Crippen molar-refractivity contribution in [2.75, 3.05) is 32.8 Å². The number of hydrogen-bond acceptors (Lipinski definition) is 4. The molecule has 2 amide bonds. The molecule has 0 N–H and O–H groups in total. The van der Waals surface area contributed by atoms with Crippen LogP contribution in [0.5, 0.6) is 0 Å².